The van der Waals surface area contributed by atoms with Crippen LogP contribution in [0.4, 0.5) is 11.9 Å². The third-order valence-electron chi connectivity index (χ3n) is 2.68. The molecule has 0 aliphatic carbocycles. The van der Waals surface area contributed by atoms with Crippen LogP contribution in [0.2, 0.25) is 0 Å². The molecule has 2 aromatic heterocycles. The van der Waals surface area contributed by atoms with Crippen molar-refractivity contribution in [2.45, 2.75) is 19.4 Å². The van der Waals surface area contributed by atoms with Crippen LogP contribution in [0.3, 0.4) is 0 Å². The van der Waals surface area contributed by atoms with Crippen LogP contribution in [0.25, 0.3) is 5.95 Å². The molecule has 0 radical (unpaired) electrons. The summed E-state index contributed by atoms with van der Waals surface area (Å²) in [6.45, 7) is 1.97. The number of nitrogen functional groups attached to an aromatic ring is 1. The predicted molar refractivity (Wildman–Crippen MR) is 81.4 cm³/mol. The molecule has 4 N–H and O–H groups in total. The van der Waals surface area contributed by atoms with Gasteiger partial charge in [-0.05, 0) is 19.4 Å². The number of nitrogens with two attached hydrogens (primary N) is 1. The van der Waals surface area contributed by atoms with Crippen molar-refractivity contribution in [3.8, 4) is 5.95 Å². The van der Waals surface area contributed by atoms with Gasteiger partial charge in [0, 0.05) is 41.2 Å². The van der Waals surface area contributed by atoms with Gasteiger partial charge in [0.15, 0.2) is 0 Å². The van der Waals surface area contributed by atoms with Crippen molar-refractivity contribution in [3.63, 3.8) is 0 Å². The van der Waals surface area contributed by atoms with Gasteiger partial charge >= 0.3 is 0 Å². The van der Waals surface area contributed by atoms with Crippen LogP contribution < -0.4 is 16.6 Å². The van der Waals surface area contributed by atoms with Crippen LogP contribution in [0.1, 0.15) is 13.3 Å². The summed E-state index contributed by atoms with van der Waals surface area (Å²) in [7, 11) is -0.818. The van der Waals surface area contributed by atoms with Gasteiger partial charge in [0.05, 0.1) is 0 Å². The van der Waals surface area contributed by atoms with Crippen molar-refractivity contribution >= 4 is 22.7 Å². The fraction of sp³-hybridized carbons (Fsp3) is 0.455. The summed E-state index contributed by atoms with van der Waals surface area (Å²) in [6, 6.07) is 1.85. The molecule has 9 nitrogen and oxygen atoms in total. The summed E-state index contributed by atoms with van der Waals surface area (Å²) in [5, 5.41) is 7.21. The molecule has 10 heteroatoms. The first-order valence-corrected chi connectivity index (χ1v) is 8.10. The van der Waals surface area contributed by atoms with Gasteiger partial charge in [-0.2, -0.15) is 20.1 Å². The van der Waals surface area contributed by atoms with E-state index in [-0.39, 0.29) is 12.0 Å². The van der Waals surface area contributed by atoms with E-state index in [0.717, 1.165) is 6.42 Å². The van der Waals surface area contributed by atoms with E-state index >= 15 is 0 Å². The minimum atomic E-state index is -0.818. The first-order valence-electron chi connectivity index (χ1n) is 6.37. The Morgan fingerprint density at radius 3 is 2.76 bits per heavy atom. The lowest BCUT2D eigenvalue weighted by molar-refractivity contribution is 0.677. The van der Waals surface area contributed by atoms with E-state index in [1.54, 1.807) is 24.7 Å². The molecular weight excluding hydrogens is 292 g/mol. The number of nitrogens with one attached hydrogen (secondary N) is 2. The lowest BCUT2D eigenvalue weighted by Gasteiger charge is -2.14. The Balaban J connectivity index is 2.15. The summed E-state index contributed by atoms with van der Waals surface area (Å²) in [4.78, 5) is 12.6. The molecule has 2 atom stereocenters. The Bertz CT molecular complexity index is 602. The Hall–Kier alpha value is -2.07. The fourth-order valence-electron chi connectivity index (χ4n) is 1.62. The van der Waals surface area contributed by atoms with Crippen molar-refractivity contribution in [2.24, 2.45) is 5.84 Å². The van der Waals surface area contributed by atoms with E-state index < -0.39 is 10.8 Å². The summed E-state index contributed by atoms with van der Waals surface area (Å²) < 4.78 is 12.6. The SMILES string of the molecule is CC(CCS(C)=O)Nc1nc(NN)nc(-n2cccn2)n1. The van der Waals surface area contributed by atoms with Crippen molar-refractivity contribution in [2.75, 3.05) is 22.8 Å². The normalized spacial score (nSPS) is 13.7. The van der Waals surface area contributed by atoms with Crippen LogP contribution in [0.15, 0.2) is 18.5 Å². The molecule has 0 aliphatic heterocycles. The highest BCUT2D eigenvalue weighted by molar-refractivity contribution is 7.84. The second-order valence-electron chi connectivity index (χ2n) is 4.49. The highest BCUT2D eigenvalue weighted by atomic mass is 32.2. The average molecular weight is 310 g/mol. The summed E-state index contributed by atoms with van der Waals surface area (Å²) in [5.41, 5.74) is 2.40. The van der Waals surface area contributed by atoms with E-state index in [2.05, 4.69) is 30.8 Å². The van der Waals surface area contributed by atoms with Gasteiger partial charge in [-0.25, -0.2) is 10.5 Å². The van der Waals surface area contributed by atoms with E-state index in [0.29, 0.717) is 17.6 Å². The highest BCUT2D eigenvalue weighted by Crippen LogP contribution is 2.10. The Kier molecular flexibility index (Phi) is 5.17. The van der Waals surface area contributed by atoms with Crippen molar-refractivity contribution < 1.29 is 4.21 Å². The zero-order chi connectivity index (χ0) is 15.2. The molecule has 0 saturated heterocycles. The number of anilines is 2. The van der Waals surface area contributed by atoms with Crippen molar-refractivity contribution in [1.82, 2.24) is 24.7 Å². The van der Waals surface area contributed by atoms with Crippen molar-refractivity contribution in [3.05, 3.63) is 18.5 Å². The fourth-order valence-corrected chi connectivity index (χ4v) is 2.30. The minimum absolute atomic E-state index is 0.0763. The zero-order valence-corrected chi connectivity index (χ0v) is 12.7. The molecule has 0 saturated carbocycles. The molecule has 2 aromatic rings. The number of hydrazine groups is 1. The third kappa shape index (κ3) is 4.46. The number of rotatable bonds is 7. The predicted octanol–water partition coefficient (Wildman–Crippen LogP) is -0.0881. The maximum Gasteiger partial charge on any atom is 0.257 e. The van der Waals surface area contributed by atoms with E-state index in [1.807, 2.05) is 6.92 Å². The maximum absolute atomic E-state index is 11.1. The standard InChI is InChI=1S/C11H18N8OS/c1-8(4-7-21(2)20)14-9-15-10(18-12)17-11(16-9)19-6-3-5-13-19/h3,5-6,8H,4,7,12H2,1-2H3,(H2,14,15,16,17,18). The van der Waals surface area contributed by atoms with Gasteiger partial charge in [-0.1, -0.05) is 0 Å². The number of hydrogen-bond acceptors (Lipinski definition) is 8. The highest BCUT2D eigenvalue weighted by Gasteiger charge is 2.10. The molecule has 114 valence electrons. The Morgan fingerprint density at radius 2 is 2.14 bits per heavy atom. The van der Waals surface area contributed by atoms with Crippen LogP contribution in [0, 0.1) is 0 Å². The zero-order valence-electron chi connectivity index (χ0n) is 11.9. The molecule has 2 heterocycles. The van der Waals surface area contributed by atoms with E-state index in [4.69, 9.17) is 5.84 Å². The Morgan fingerprint density at radius 1 is 1.38 bits per heavy atom. The van der Waals surface area contributed by atoms with Gasteiger partial charge in [-0.15, -0.1) is 0 Å². The van der Waals surface area contributed by atoms with Gasteiger partial charge in [0.1, 0.15) is 0 Å². The van der Waals surface area contributed by atoms with Crippen LogP contribution >= 0.6 is 0 Å². The monoisotopic (exact) mass is 310 g/mol. The second-order valence-corrected chi connectivity index (χ2v) is 6.04. The first-order chi connectivity index (χ1) is 10.1. The topological polar surface area (TPSA) is 124 Å². The third-order valence-corrected chi connectivity index (χ3v) is 3.49. The van der Waals surface area contributed by atoms with E-state index in [9.17, 15) is 4.21 Å². The quantitative estimate of drug-likeness (QED) is 0.479. The molecule has 0 bridgehead atoms. The molecule has 0 fully saturated rings. The molecule has 0 spiro atoms. The minimum Gasteiger partial charge on any atom is -0.352 e. The Labute approximate surface area is 124 Å². The lowest BCUT2D eigenvalue weighted by atomic mass is 10.3. The van der Waals surface area contributed by atoms with Gasteiger partial charge < -0.3 is 5.32 Å². The average Bonchev–Trinajstić information content (AvgIpc) is 2.99. The van der Waals surface area contributed by atoms with Gasteiger partial charge in [-0.3, -0.25) is 9.63 Å². The van der Waals surface area contributed by atoms with Gasteiger partial charge in [0.25, 0.3) is 5.95 Å². The second kappa shape index (κ2) is 7.09. The molecule has 0 aromatic carbocycles. The number of hydrogen-bond donors (Lipinski definition) is 3. The number of aromatic nitrogens is 5. The summed E-state index contributed by atoms with van der Waals surface area (Å²) in [6.07, 6.45) is 5.79. The van der Waals surface area contributed by atoms with E-state index in [1.165, 1.54) is 4.68 Å². The molecule has 0 amide bonds. The van der Waals surface area contributed by atoms with Crippen LogP contribution in [-0.4, -0.2) is 47.0 Å². The lowest BCUT2D eigenvalue weighted by Crippen LogP contribution is -2.22. The molecule has 2 rings (SSSR count). The number of nitrogens with zero attached hydrogens (tertiary/aromatic N) is 5. The smallest absolute Gasteiger partial charge is 0.257 e. The molecule has 2 unspecified atom stereocenters. The van der Waals surface area contributed by atoms with Crippen molar-refractivity contribution in [1.29, 1.82) is 0 Å². The van der Waals surface area contributed by atoms with Gasteiger partial charge in [0.2, 0.25) is 11.9 Å². The molecular formula is C11H18N8OS. The van der Waals surface area contributed by atoms with Crippen LogP contribution in [-0.2, 0) is 10.8 Å². The summed E-state index contributed by atoms with van der Waals surface area (Å²) >= 11 is 0. The molecule has 21 heavy (non-hydrogen) atoms. The van der Waals surface area contributed by atoms with Crippen LogP contribution in [0.5, 0.6) is 0 Å². The molecule has 0 aliphatic rings. The summed E-state index contributed by atoms with van der Waals surface area (Å²) in [5.74, 6) is 6.97. The first kappa shape index (κ1) is 15.3. The largest absolute Gasteiger partial charge is 0.352 e. The maximum atomic E-state index is 11.1.